The van der Waals surface area contributed by atoms with Crippen molar-refractivity contribution in [1.82, 2.24) is 0 Å². The second-order valence-electron chi connectivity index (χ2n) is 2.42. The Labute approximate surface area is 77.0 Å². The van der Waals surface area contributed by atoms with E-state index in [9.17, 15) is 0 Å². The summed E-state index contributed by atoms with van der Waals surface area (Å²) in [5.41, 5.74) is 0.795. The van der Waals surface area contributed by atoms with Crippen LogP contribution in [0.2, 0.25) is 0 Å². The van der Waals surface area contributed by atoms with Crippen molar-refractivity contribution in [2.24, 2.45) is 0 Å². The van der Waals surface area contributed by atoms with Gasteiger partial charge >= 0.3 is 0 Å². The Kier molecular flexibility index (Phi) is 3.12. The zero-order valence-corrected chi connectivity index (χ0v) is 8.19. The van der Waals surface area contributed by atoms with Crippen molar-refractivity contribution >= 4 is 16.3 Å². The quantitative estimate of drug-likeness (QED) is 0.714. The Morgan fingerprint density at radius 3 is 2.67 bits per heavy atom. The summed E-state index contributed by atoms with van der Waals surface area (Å²) in [6.07, 6.45) is 0. The van der Waals surface area contributed by atoms with Gasteiger partial charge in [0.05, 0.1) is 5.56 Å². The molecule has 64 valence electrons. The maximum atomic E-state index is 8.78. The lowest BCUT2D eigenvalue weighted by atomic mass is 10.3. The van der Waals surface area contributed by atoms with Crippen LogP contribution in [0.1, 0.15) is 19.4 Å². The molecule has 0 bridgehead atoms. The Morgan fingerprint density at radius 2 is 2.17 bits per heavy atom. The maximum Gasteiger partial charge on any atom is 0.109 e. The SMILES string of the molecule is CCN(CC)c1sccc1C#N. The van der Waals surface area contributed by atoms with Gasteiger partial charge in [-0.1, -0.05) is 0 Å². The average molecular weight is 180 g/mol. The van der Waals surface area contributed by atoms with Crippen molar-refractivity contribution in [2.45, 2.75) is 13.8 Å². The molecule has 1 heterocycles. The van der Waals surface area contributed by atoms with Crippen LogP contribution < -0.4 is 4.90 Å². The zero-order chi connectivity index (χ0) is 8.97. The molecular weight excluding hydrogens is 168 g/mol. The van der Waals surface area contributed by atoms with Crippen molar-refractivity contribution < 1.29 is 0 Å². The molecule has 0 aliphatic heterocycles. The fraction of sp³-hybridized carbons (Fsp3) is 0.444. The Bertz CT molecular complexity index is 281. The predicted molar refractivity (Wildman–Crippen MR) is 52.6 cm³/mol. The third-order valence-corrected chi connectivity index (χ3v) is 2.79. The van der Waals surface area contributed by atoms with E-state index < -0.39 is 0 Å². The van der Waals surface area contributed by atoms with E-state index in [0.29, 0.717) is 0 Å². The monoisotopic (exact) mass is 180 g/mol. The van der Waals surface area contributed by atoms with Crippen LogP contribution in [0, 0.1) is 11.3 Å². The first-order chi connectivity index (χ1) is 5.83. The second kappa shape index (κ2) is 4.13. The van der Waals surface area contributed by atoms with Crippen molar-refractivity contribution in [3.63, 3.8) is 0 Å². The third-order valence-electron chi connectivity index (χ3n) is 1.82. The van der Waals surface area contributed by atoms with Gasteiger partial charge in [-0.15, -0.1) is 11.3 Å². The van der Waals surface area contributed by atoms with E-state index in [1.165, 1.54) is 0 Å². The van der Waals surface area contributed by atoms with E-state index in [1.54, 1.807) is 11.3 Å². The van der Waals surface area contributed by atoms with Crippen LogP contribution in [0.25, 0.3) is 0 Å². The molecule has 1 aromatic rings. The molecule has 0 fully saturated rings. The molecular formula is C9H12N2S. The highest BCUT2D eigenvalue weighted by Gasteiger charge is 2.08. The highest BCUT2D eigenvalue weighted by Crippen LogP contribution is 2.26. The van der Waals surface area contributed by atoms with Gasteiger partial charge < -0.3 is 4.90 Å². The predicted octanol–water partition coefficient (Wildman–Crippen LogP) is 2.47. The minimum Gasteiger partial charge on any atom is -0.363 e. The molecule has 0 aromatic carbocycles. The van der Waals surface area contributed by atoms with Crippen molar-refractivity contribution in [2.75, 3.05) is 18.0 Å². The smallest absolute Gasteiger partial charge is 0.109 e. The summed E-state index contributed by atoms with van der Waals surface area (Å²) in [5, 5.41) is 11.8. The molecule has 0 spiro atoms. The second-order valence-corrected chi connectivity index (χ2v) is 3.32. The summed E-state index contributed by atoms with van der Waals surface area (Å²) in [5.74, 6) is 0. The molecule has 0 saturated heterocycles. The number of rotatable bonds is 3. The summed E-state index contributed by atoms with van der Waals surface area (Å²) < 4.78 is 0. The van der Waals surface area contributed by atoms with Crippen LogP contribution in [0.4, 0.5) is 5.00 Å². The molecule has 1 aromatic heterocycles. The first-order valence-corrected chi connectivity index (χ1v) is 4.94. The zero-order valence-electron chi connectivity index (χ0n) is 7.37. The molecule has 0 atom stereocenters. The molecule has 0 amide bonds. The molecule has 0 N–H and O–H groups in total. The van der Waals surface area contributed by atoms with Gasteiger partial charge in [-0.2, -0.15) is 5.26 Å². The Balaban J connectivity index is 2.93. The van der Waals surface area contributed by atoms with Crippen LogP contribution >= 0.6 is 11.3 Å². The third kappa shape index (κ3) is 1.59. The summed E-state index contributed by atoms with van der Waals surface area (Å²) in [4.78, 5) is 2.20. The van der Waals surface area contributed by atoms with Gasteiger partial charge in [0.2, 0.25) is 0 Å². The number of hydrogen-bond donors (Lipinski definition) is 0. The van der Waals surface area contributed by atoms with Crippen LogP contribution in [-0.4, -0.2) is 13.1 Å². The Morgan fingerprint density at radius 1 is 1.50 bits per heavy atom. The summed E-state index contributed by atoms with van der Waals surface area (Å²) in [6.45, 7) is 6.13. The van der Waals surface area contributed by atoms with Gasteiger partial charge in [-0.25, -0.2) is 0 Å². The van der Waals surface area contributed by atoms with Gasteiger partial charge in [0, 0.05) is 13.1 Å². The van der Waals surface area contributed by atoms with E-state index in [2.05, 4.69) is 24.8 Å². The molecule has 0 saturated carbocycles. The highest BCUT2D eigenvalue weighted by molar-refractivity contribution is 7.14. The number of nitrogens with zero attached hydrogens (tertiary/aromatic N) is 2. The summed E-state index contributed by atoms with van der Waals surface area (Å²) in [7, 11) is 0. The summed E-state index contributed by atoms with van der Waals surface area (Å²) >= 11 is 1.63. The standard InChI is InChI=1S/C9H12N2S/c1-3-11(4-2)9-8(7-10)5-6-12-9/h5-6H,3-4H2,1-2H3. The van der Waals surface area contributed by atoms with Gasteiger partial charge in [0.1, 0.15) is 11.1 Å². The van der Waals surface area contributed by atoms with E-state index in [0.717, 1.165) is 23.7 Å². The number of thiophene rings is 1. The van der Waals surface area contributed by atoms with Gasteiger partial charge in [0.25, 0.3) is 0 Å². The normalized spacial score (nSPS) is 9.42. The fourth-order valence-electron chi connectivity index (χ4n) is 1.14. The van der Waals surface area contributed by atoms with Crippen LogP contribution in [0.15, 0.2) is 11.4 Å². The lowest BCUT2D eigenvalue weighted by Gasteiger charge is -2.18. The van der Waals surface area contributed by atoms with Crippen molar-refractivity contribution in [1.29, 1.82) is 5.26 Å². The Hall–Kier alpha value is -1.01. The van der Waals surface area contributed by atoms with E-state index in [-0.39, 0.29) is 0 Å². The maximum absolute atomic E-state index is 8.78. The summed E-state index contributed by atoms with van der Waals surface area (Å²) in [6, 6.07) is 4.07. The van der Waals surface area contributed by atoms with Crippen molar-refractivity contribution in [3.05, 3.63) is 17.0 Å². The molecule has 0 radical (unpaired) electrons. The lowest BCUT2D eigenvalue weighted by molar-refractivity contribution is 0.875. The molecule has 0 aliphatic rings. The number of nitriles is 1. The van der Waals surface area contributed by atoms with Crippen molar-refractivity contribution in [3.8, 4) is 6.07 Å². The van der Waals surface area contributed by atoms with Gasteiger partial charge in [0.15, 0.2) is 0 Å². The van der Waals surface area contributed by atoms with Crippen LogP contribution in [0.3, 0.4) is 0 Å². The first kappa shape index (κ1) is 9.08. The molecule has 0 aliphatic carbocycles. The van der Waals surface area contributed by atoms with Gasteiger partial charge in [-0.05, 0) is 25.3 Å². The molecule has 0 unspecified atom stereocenters. The molecule has 2 nitrogen and oxygen atoms in total. The molecule has 12 heavy (non-hydrogen) atoms. The molecule has 1 rings (SSSR count). The van der Waals surface area contributed by atoms with E-state index in [1.807, 2.05) is 11.4 Å². The van der Waals surface area contributed by atoms with E-state index in [4.69, 9.17) is 5.26 Å². The number of anilines is 1. The van der Waals surface area contributed by atoms with Crippen LogP contribution in [0.5, 0.6) is 0 Å². The van der Waals surface area contributed by atoms with E-state index >= 15 is 0 Å². The largest absolute Gasteiger partial charge is 0.363 e. The van der Waals surface area contributed by atoms with Gasteiger partial charge in [-0.3, -0.25) is 0 Å². The molecule has 3 heteroatoms. The highest BCUT2D eigenvalue weighted by atomic mass is 32.1. The topological polar surface area (TPSA) is 27.0 Å². The minimum absolute atomic E-state index is 0.795. The minimum atomic E-state index is 0.795. The lowest BCUT2D eigenvalue weighted by Crippen LogP contribution is -2.21. The average Bonchev–Trinajstić information content (AvgIpc) is 2.55. The fourth-order valence-corrected chi connectivity index (χ4v) is 2.12. The number of hydrogen-bond acceptors (Lipinski definition) is 3. The van der Waals surface area contributed by atoms with Crippen LogP contribution in [-0.2, 0) is 0 Å². The first-order valence-electron chi connectivity index (χ1n) is 4.06.